The maximum Gasteiger partial charge on any atom is 0.242 e. The van der Waals surface area contributed by atoms with E-state index in [2.05, 4.69) is 60.2 Å². The number of thioether (sulfide) groups is 1. The van der Waals surface area contributed by atoms with Crippen LogP contribution in [0.2, 0.25) is 0 Å². The van der Waals surface area contributed by atoms with Gasteiger partial charge in [-0.3, -0.25) is 4.79 Å². The Balaban J connectivity index is 1.52. The first-order chi connectivity index (χ1) is 14.0. The molecule has 1 fully saturated rings. The molecule has 0 spiro atoms. The molecule has 1 aliphatic heterocycles. The number of carbonyl (C=O) groups is 1. The molecule has 0 saturated carbocycles. The van der Waals surface area contributed by atoms with Crippen molar-refractivity contribution in [2.45, 2.75) is 50.2 Å². The summed E-state index contributed by atoms with van der Waals surface area (Å²) in [5, 5.41) is 1.21. The third-order valence-electron chi connectivity index (χ3n) is 5.34. The zero-order valence-electron chi connectivity index (χ0n) is 17.3. The lowest BCUT2D eigenvalue weighted by atomic mass is 10.2. The minimum atomic E-state index is 0.0877. The van der Waals surface area contributed by atoms with Gasteiger partial charge in [0.2, 0.25) is 5.91 Å². The minimum Gasteiger partial charge on any atom is -0.372 e. The van der Waals surface area contributed by atoms with Crippen LogP contribution in [0.5, 0.6) is 0 Å². The number of aromatic nitrogens is 1. The van der Waals surface area contributed by atoms with Gasteiger partial charge in [-0.1, -0.05) is 48.0 Å². The second-order valence-electron chi connectivity index (χ2n) is 7.97. The smallest absolute Gasteiger partial charge is 0.242 e. The second kappa shape index (κ2) is 8.64. The molecule has 4 nitrogen and oxygen atoms in total. The Morgan fingerprint density at radius 1 is 1.07 bits per heavy atom. The molecule has 29 heavy (non-hydrogen) atoms. The zero-order chi connectivity index (χ0) is 20.4. The molecule has 0 radical (unpaired) electrons. The summed E-state index contributed by atoms with van der Waals surface area (Å²) in [6.45, 7) is 7.86. The summed E-state index contributed by atoms with van der Waals surface area (Å²) in [4.78, 5) is 16.1. The monoisotopic (exact) mass is 408 g/mol. The maximum atomic E-state index is 13.0. The number of fused-ring (bicyclic) bond motifs is 1. The summed E-state index contributed by atoms with van der Waals surface area (Å²) in [6.07, 6.45) is 2.31. The Morgan fingerprint density at radius 2 is 1.76 bits per heavy atom. The number of aryl methyl sites for hydroxylation is 1. The van der Waals surface area contributed by atoms with Gasteiger partial charge in [-0.15, -0.1) is 11.8 Å². The van der Waals surface area contributed by atoms with E-state index in [-0.39, 0.29) is 18.1 Å². The van der Waals surface area contributed by atoms with Crippen LogP contribution in [0.4, 0.5) is 0 Å². The van der Waals surface area contributed by atoms with Crippen molar-refractivity contribution in [2.75, 3.05) is 13.1 Å². The predicted molar refractivity (Wildman–Crippen MR) is 119 cm³/mol. The molecule has 3 aromatic rings. The van der Waals surface area contributed by atoms with Gasteiger partial charge in [-0.25, -0.2) is 0 Å². The first-order valence-corrected chi connectivity index (χ1v) is 11.2. The Kier molecular flexibility index (Phi) is 5.97. The second-order valence-corrected chi connectivity index (χ2v) is 8.99. The molecule has 2 atom stereocenters. The topological polar surface area (TPSA) is 34.5 Å². The SMILES string of the molecule is Cc1ccc(CSc2cn(CC(=O)N3C[C@H](C)O[C@@H](C)C3)c3ccccc23)cc1. The Labute approximate surface area is 176 Å². The lowest BCUT2D eigenvalue weighted by Gasteiger charge is -2.35. The molecule has 1 aliphatic rings. The molecule has 0 N–H and O–H groups in total. The molecule has 2 heterocycles. The summed E-state index contributed by atoms with van der Waals surface area (Å²) in [5.74, 6) is 1.07. The number of carbonyl (C=O) groups excluding carboxylic acids is 1. The van der Waals surface area contributed by atoms with Gasteiger partial charge in [0.1, 0.15) is 6.54 Å². The number of para-hydroxylation sites is 1. The minimum absolute atomic E-state index is 0.0877. The largest absolute Gasteiger partial charge is 0.372 e. The fraction of sp³-hybridized carbons (Fsp3) is 0.375. The van der Waals surface area contributed by atoms with Crippen molar-refractivity contribution >= 4 is 28.6 Å². The van der Waals surface area contributed by atoms with Crippen molar-refractivity contribution in [3.63, 3.8) is 0 Å². The van der Waals surface area contributed by atoms with Crippen LogP contribution in [0.15, 0.2) is 59.6 Å². The Bertz CT molecular complexity index is 986. The first-order valence-electron chi connectivity index (χ1n) is 10.2. The van der Waals surface area contributed by atoms with Crippen LogP contribution >= 0.6 is 11.8 Å². The van der Waals surface area contributed by atoms with Gasteiger partial charge in [0.15, 0.2) is 0 Å². The molecule has 4 rings (SSSR count). The van der Waals surface area contributed by atoms with E-state index >= 15 is 0 Å². The van der Waals surface area contributed by atoms with E-state index in [1.165, 1.54) is 21.4 Å². The zero-order valence-corrected chi connectivity index (χ0v) is 18.1. The standard InChI is InChI=1S/C24H28N2O2S/c1-17-8-10-20(11-9-17)16-29-23-14-25(22-7-5-4-6-21(22)23)15-24(27)26-12-18(2)28-19(3)13-26/h4-11,14,18-19H,12-13,15-16H2,1-3H3/t18-,19-/m0/s1. The van der Waals surface area contributed by atoms with Gasteiger partial charge < -0.3 is 14.2 Å². The Hall–Kier alpha value is -2.24. The van der Waals surface area contributed by atoms with Crippen molar-refractivity contribution in [3.8, 4) is 0 Å². The number of rotatable bonds is 5. The third-order valence-corrected chi connectivity index (χ3v) is 6.46. The number of hydrogen-bond donors (Lipinski definition) is 0. The molecule has 5 heteroatoms. The van der Waals surface area contributed by atoms with Gasteiger partial charge in [0.25, 0.3) is 0 Å². The molecule has 0 aliphatic carbocycles. The van der Waals surface area contributed by atoms with Crippen molar-refractivity contribution in [2.24, 2.45) is 0 Å². The fourth-order valence-electron chi connectivity index (χ4n) is 3.93. The van der Waals surface area contributed by atoms with E-state index in [1.54, 1.807) is 0 Å². The van der Waals surface area contributed by atoms with E-state index < -0.39 is 0 Å². The van der Waals surface area contributed by atoms with E-state index in [0.29, 0.717) is 19.6 Å². The summed E-state index contributed by atoms with van der Waals surface area (Å²) in [6, 6.07) is 17.0. The Morgan fingerprint density at radius 3 is 2.48 bits per heavy atom. The van der Waals surface area contributed by atoms with E-state index in [1.807, 2.05) is 36.6 Å². The van der Waals surface area contributed by atoms with Crippen molar-refractivity contribution in [3.05, 3.63) is 65.9 Å². The van der Waals surface area contributed by atoms with Gasteiger partial charge in [0, 0.05) is 40.8 Å². The summed E-state index contributed by atoms with van der Waals surface area (Å²) >= 11 is 1.83. The average Bonchev–Trinajstić information content (AvgIpc) is 3.04. The van der Waals surface area contributed by atoms with E-state index in [9.17, 15) is 4.79 Å². The van der Waals surface area contributed by atoms with Gasteiger partial charge in [-0.2, -0.15) is 0 Å². The lowest BCUT2D eigenvalue weighted by Crippen LogP contribution is -2.49. The van der Waals surface area contributed by atoms with Crippen molar-refractivity contribution in [1.82, 2.24) is 9.47 Å². The average molecular weight is 409 g/mol. The molecule has 2 aromatic carbocycles. The summed E-state index contributed by atoms with van der Waals surface area (Å²) in [7, 11) is 0. The number of amides is 1. The predicted octanol–water partition coefficient (Wildman–Crippen LogP) is 4.88. The normalized spacial score (nSPS) is 19.6. The van der Waals surface area contributed by atoms with Gasteiger partial charge in [0.05, 0.1) is 12.2 Å². The molecule has 1 aromatic heterocycles. The highest BCUT2D eigenvalue weighted by Crippen LogP contribution is 2.32. The number of hydrogen-bond acceptors (Lipinski definition) is 3. The van der Waals surface area contributed by atoms with Crippen LogP contribution in [-0.2, 0) is 21.8 Å². The van der Waals surface area contributed by atoms with Crippen molar-refractivity contribution in [1.29, 1.82) is 0 Å². The van der Waals surface area contributed by atoms with Crippen LogP contribution in [0.1, 0.15) is 25.0 Å². The maximum absolute atomic E-state index is 13.0. The van der Waals surface area contributed by atoms with Gasteiger partial charge in [-0.05, 0) is 32.4 Å². The highest BCUT2D eigenvalue weighted by atomic mass is 32.2. The summed E-state index contributed by atoms with van der Waals surface area (Å²) < 4.78 is 7.87. The number of nitrogens with zero attached hydrogens (tertiary/aromatic N) is 2. The van der Waals surface area contributed by atoms with Crippen LogP contribution in [0, 0.1) is 6.92 Å². The number of benzene rings is 2. The first kappa shape index (κ1) is 20.0. The summed E-state index contributed by atoms with van der Waals surface area (Å²) in [5.41, 5.74) is 3.70. The van der Waals surface area contributed by atoms with Crippen molar-refractivity contribution < 1.29 is 9.53 Å². The quantitative estimate of drug-likeness (QED) is 0.565. The van der Waals surface area contributed by atoms with E-state index in [4.69, 9.17) is 4.74 Å². The van der Waals surface area contributed by atoms with E-state index in [0.717, 1.165) is 11.3 Å². The van der Waals surface area contributed by atoms with Gasteiger partial charge >= 0.3 is 0 Å². The molecule has 152 valence electrons. The van der Waals surface area contributed by atoms with Crippen LogP contribution in [0.3, 0.4) is 0 Å². The van der Waals surface area contributed by atoms with Crippen LogP contribution in [-0.4, -0.2) is 40.7 Å². The third kappa shape index (κ3) is 4.68. The highest BCUT2D eigenvalue weighted by molar-refractivity contribution is 7.98. The number of ether oxygens (including phenoxy) is 1. The molecular formula is C24H28N2O2S. The molecule has 1 saturated heterocycles. The molecule has 0 bridgehead atoms. The molecule has 0 unspecified atom stereocenters. The highest BCUT2D eigenvalue weighted by Gasteiger charge is 2.26. The molecular weight excluding hydrogens is 380 g/mol. The van der Waals surface area contributed by atoms with Crippen LogP contribution < -0.4 is 0 Å². The molecule has 1 amide bonds. The van der Waals surface area contributed by atoms with Crippen LogP contribution in [0.25, 0.3) is 10.9 Å². The lowest BCUT2D eigenvalue weighted by molar-refractivity contribution is -0.143. The fourth-order valence-corrected chi connectivity index (χ4v) is 4.98. The number of morpholine rings is 1.